The summed E-state index contributed by atoms with van der Waals surface area (Å²) in [5.41, 5.74) is 2.41. The first-order valence-electron chi connectivity index (χ1n) is 8.88. The summed E-state index contributed by atoms with van der Waals surface area (Å²) in [7, 11) is -3.24. The molecule has 5 nitrogen and oxygen atoms in total. The van der Waals surface area contributed by atoms with Gasteiger partial charge in [0.2, 0.25) is 10.0 Å². The van der Waals surface area contributed by atoms with Gasteiger partial charge in [-0.1, -0.05) is 12.8 Å². The predicted octanol–water partition coefficient (Wildman–Crippen LogP) is 2.56. The van der Waals surface area contributed by atoms with Gasteiger partial charge < -0.3 is 4.90 Å². The molecule has 1 aromatic rings. The Kier molecular flexibility index (Phi) is 3.82. The Morgan fingerprint density at radius 3 is 2.42 bits per heavy atom. The van der Waals surface area contributed by atoms with Gasteiger partial charge in [0.25, 0.3) is 5.91 Å². The Bertz CT molecular complexity index is 764. The lowest BCUT2D eigenvalue weighted by atomic mass is 10.1. The summed E-state index contributed by atoms with van der Waals surface area (Å²) in [4.78, 5) is 15.2. The van der Waals surface area contributed by atoms with Gasteiger partial charge in [0.15, 0.2) is 0 Å². The number of nitrogens with zero attached hydrogens (tertiary/aromatic N) is 2. The first-order valence-corrected chi connectivity index (χ1v) is 10.7. The molecule has 0 bridgehead atoms. The van der Waals surface area contributed by atoms with Crippen molar-refractivity contribution in [2.75, 3.05) is 17.1 Å². The van der Waals surface area contributed by atoms with Crippen molar-refractivity contribution in [2.45, 2.75) is 57.0 Å². The molecular formula is C18H24N2O3S. The van der Waals surface area contributed by atoms with E-state index < -0.39 is 10.0 Å². The molecule has 0 radical (unpaired) electrons. The van der Waals surface area contributed by atoms with Gasteiger partial charge >= 0.3 is 0 Å². The number of amides is 1. The highest BCUT2D eigenvalue weighted by Gasteiger charge is 2.39. The highest BCUT2D eigenvalue weighted by molar-refractivity contribution is 7.92. The van der Waals surface area contributed by atoms with E-state index in [2.05, 4.69) is 4.90 Å². The zero-order chi connectivity index (χ0) is 16.9. The fourth-order valence-electron chi connectivity index (χ4n) is 4.16. The molecule has 1 aromatic carbocycles. The molecule has 0 saturated heterocycles. The number of carbonyl (C=O) groups excluding carboxylic acids is 1. The van der Waals surface area contributed by atoms with E-state index in [1.807, 2.05) is 6.07 Å². The van der Waals surface area contributed by atoms with Gasteiger partial charge in [-0.15, -0.1) is 0 Å². The van der Waals surface area contributed by atoms with Crippen molar-refractivity contribution in [2.24, 2.45) is 0 Å². The number of rotatable bonds is 4. The van der Waals surface area contributed by atoms with Gasteiger partial charge in [-0.05, 0) is 55.9 Å². The molecule has 24 heavy (non-hydrogen) atoms. The van der Waals surface area contributed by atoms with Crippen LogP contribution in [0.5, 0.6) is 0 Å². The van der Waals surface area contributed by atoms with Crippen molar-refractivity contribution >= 4 is 21.6 Å². The summed E-state index contributed by atoms with van der Waals surface area (Å²) in [5.74, 6) is 0.130. The molecule has 4 rings (SSSR count). The number of benzene rings is 1. The summed E-state index contributed by atoms with van der Waals surface area (Å²) in [6.07, 6.45) is 8.82. The molecule has 2 saturated carbocycles. The van der Waals surface area contributed by atoms with E-state index in [1.54, 1.807) is 12.1 Å². The van der Waals surface area contributed by atoms with Crippen molar-refractivity contribution in [3.05, 3.63) is 29.3 Å². The Balaban J connectivity index is 1.61. The molecule has 1 aliphatic heterocycles. The number of hydrogen-bond acceptors (Lipinski definition) is 3. The van der Waals surface area contributed by atoms with Gasteiger partial charge in [-0.3, -0.25) is 9.10 Å². The van der Waals surface area contributed by atoms with E-state index in [0.29, 0.717) is 30.6 Å². The number of anilines is 1. The van der Waals surface area contributed by atoms with Crippen LogP contribution < -0.4 is 4.31 Å². The Morgan fingerprint density at radius 2 is 1.79 bits per heavy atom. The SMILES string of the molecule is CS(=O)(=O)N1CCc2cc(C(=O)N(C3CCCC3)C3CC3)ccc21. The average Bonchev–Trinajstić information content (AvgIpc) is 3.05. The minimum atomic E-state index is -3.24. The van der Waals surface area contributed by atoms with E-state index in [1.165, 1.54) is 23.4 Å². The lowest BCUT2D eigenvalue weighted by Crippen LogP contribution is -2.40. The molecule has 1 heterocycles. The van der Waals surface area contributed by atoms with Crippen LogP contribution in [0.3, 0.4) is 0 Å². The highest BCUT2D eigenvalue weighted by Crippen LogP contribution is 2.37. The second-order valence-corrected chi connectivity index (χ2v) is 9.22. The first kappa shape index (κ1) is 15.9. The average molecular weight is 348 g/mol. The van der Waals surface area contributed by atoms with Crippen LogP contribution in [0.15, 0.2) is 18.2 Å². The van der Waals surface area contributed by atoms with Gasteiger partial charge in [0, 0.05) is 24.2 Å². The fraction of sp³-hybridized carbons (Fsp3) is 0.611. The third-order valence-electron chi connectivity index (χ3n) is 5.47. The van der Waals surface area contributed by atoms with Gasteiger partial charge in [-0.2, -0.15) is 0 Å². The highest BCUT2D eigenvalue weighted by atomic mass is 32.2. The molecule has 6 heteroatoms. The Hall–Kier alpha value is -1.56. The molecule has 2 aliphatic carbocycles. The van der Waals surface area contributed by atoms with Crippen LogP contribution in [0.2, 0.25) is 0 Å². The third kappa shape index (κ3) is 2.81. The van der Waals surface area contributed by atoms with Crippen LogP contribution in [0.25, 0.3) is 0 Å². The Morgan fingerprint density at radius 1 is 1.12 bits per heavy atom. The van der Waals surface area contributed by atoms with E-state index in [4.69, 9.17) is 0 Å². The molecule has 0 N–H and O–H groups in total. The number of carbonyl (C=O) groups is 1. The van der Waals surface area contributed by atoms with Crippen LogP contribution >= 0.6 is 0 Å². The molecule has 0 spiro atoms. The monoisotopic (exact) mass is 348 g/mol. The van der Waals surface area contributed by atoms with Crippen molar-refractivity contribution in [3.63, 3.8) is 0 Å². The van der Waals surface area contributed by atoms with Crippen LogP contribution in [0.4, 0.5) is 5.69 Å². The quantitative estimate of drug-likeness (QED) is 0.840. The standard InChI is InChI=1S/C18H24N2O3S/c1-24(22,23)19-11-10-13-12-14(6-9-17(13)19)18(21)20(16-7-8-16)15-4-2-3-5-15/h6,9,12,15-16H,2-5,7-8,10-11H2,1H3. The second kappa shape index (κ2) is 5.76. The summed E-state index contributed by atoms with van der Waals surface area (Å²) < 4.78 is 25.1. The fourth-order valence-corrected chi connectivity index (χ4v) is 5.12. The minimum Gasteiger partial charge on any atom is -0.333 e. The van der Waals surface area contributed by atoms with Gasteiger partial charge in [0.05, 0.1) is 11.9 Å². The molecular weight excluding hydrogens is 324 g/mol. The van der Waals surface area contributed by atoms with Crippen LogP contribution in [0.1, 0.15) is 54.4 Å². The molecule has 2 fully saturated rings. The molecule has 0 aromatic heterocycles. The summed E-state index contributed by atoms with van der Waals surface area (Å²) in [5, 5.41) is 0. The molecule has 3 aliphatic rings. The third-order valence-corrected chi connectivity index (χ3v) is 6.65. The summed E-state index contributed by atoms with van der Waals surface area (Å²) in [6.45, 7) is 0.473. The van der Waals surface area contributed by atoms with Gasteiger partial charge in [0.1, 0.15) is 0 Å². The second-order valence-electron chi connectivity index (χ2n) is 7.31. The topological polar surface area (TPSA) is 57.7 Å². The Labute approximate surface area is 143 Å². The lowest BCUT2D eigenvalue weighted by molar-refractivity contribution is 0.0664. The minimum absolute atomic E-state index is 0.130. The largest absolute Gasteiger partial charge is 0.333 e. The number of hydrogen-bond donors (Lipinski definition) is 0. The molecule has 0 unspecified atom stereocenters. The normalized spacial score (nSPS) is 21.1. The van der Waals surface area contributed by atoms with Crippen molar-refractivity contribution in [1.29, 1.82) is 0 Å². The first-order chi connectivity index (χ1) is 11.4. The molecule has 1 amide bonds. The number of sulfonamides is 1. The maximum Gasteiger partial charge on any atom is 0.254 e. The molecule has 0 atom stereocenters. The van der Waals surface area contributed by atoms with Crippen LogP contribution in [0, 0.1) is 0 Å². The zero-order valence-corrected chi connectivity index (χ0v) is 14.9. The van der Waals surface area contributed by atoms with Crippen molar-refractivity contribution in [3.8, 4) is 0 Å². The van der Waals surface area contributed by atoms with E-state index in [9.17, 15) is 13.2 Å². The van der Waals surface area contributed by atoms with E-state index in [0.717, 1.165) is 36.9 Å². The summed E-state index contributed by atoms with van der Waals surface area (Å²) >= 11 is 0. The lowest BCUT2D eigenvalue weighted by Gasteiger charge is -2.29. The predicted molar refractivity (Wildman–Crippen MR) is 93.8 cm³/mol. The van der Waals surface area contributed by atoms with Crippen LogP contribution in [-0.4, -0.2) is 44.1 Å². The van der Waals surface area contributed by atoms with Crippen molar-refractivity contribution < 1.29 is 13.2 Å². The van der Waals surface area contributed by atoms with E-state index >= 15 is 0 Å². The van der Waals surface area contributed by atoms with Gasteiger partial charge in [-0.25, -0.2) is 8.42 Å². The maximum atomic E-state index is 13.1. The number of fused-ring (bicyclic) bond motifs is 1. The summed E-state index contributed by atoms with van der Waals surface area (Å²) in [6, 6.07) is 6.32. The van der Waals surface area contributed by atoms with Crippen molar-refractivity contribution in [1.82, 2.24) is 4.90 Å². The smallest absolute Gasteiger partial charge is 0.254 e. The molecule has 130 valence electrons. The zero-order valence-electron chi connectivity index (χ0n) is 14.1. The van der Waals surface area contributed by atoms with E-state index in [-0.39, 0.29) is 5.91 Å². The van der Waals surface area contributed by atoms with Crippen LogP contribution in [-0.2, 0) is 16.4 Å². The maximum absolute atomic E-state index is 13.1.